The quantitative estimate of drug-likeness (QED) is 0.641. The predicted molar refractivity (Wildman–Crippen MR) is 112 cm³/mol. The molecule has 2 N–H and O–H groups in total. The van der Waals surface area contributed by atoms with Crippen LogP contribution in [0.2, 0.25) is 0 Å². The summed E-state index contributed by atoms with van der Waals surface area (Å²) in [5.74, 6) is 0.692. The Morgan fingerprint density at radius 3 is 2.57 bits per heavy atom. The molecule has 1 aromatic heterocycles. The molecule has 1 heterocycles. The molecule has 1 amide bonds. The van der Waals surface area contributed by atoms with E-state index < -0.39 is 0 Å². The molecule has 5 nitrogen and oxygen atoms in total. The van der Waals surface area contributed by atoms with Crippen molar-refractivity contribution in [3.05, 3.63) is 83.2 Å². The second-order valence-corrected chi connectivity index (χ2v) is 6.76. The van der Waals surface area contributed by atoms with Crippen molar-refractivity contribution >= 4 is 17.3 Å². The van der Waals surface area contributed by atoms with Crippen molar-refractivity contribution in [1.29, 1.82) is 0 Å². The summed E-state index contributed by atoms with van der Waals surface area (Å²) < 4.78 is 5.15. The summed E-state index contributed by atoms with van der Waals surface area (Å²) in [6, 6.07) is 15.9. The molecule has 0 aliphatic heterocycles. The molecular weight excluding hydrogens is 350 g/mol. The zero-order valence-electron chi connectivity index (χ0n) is 16.5. The molecule has 3 rings (SSSR count). The minimum absolute atomic E-state index is 0.134. The molecule has 0 saturated carbocycles. The molecule has 0 unspecified atom stereocenters. The van der Waals surface area contributed by atoms with Crippen molar-refractivity contribution in [1.82, 2.24) is 10.3 Å². The van der Waals surface area contributed by atoms with Crippen LogP contribution < -0.4 is 15.4 Å². The van der Waals surface area contributed by atoms with Crippen molar-refractivity contribution in [2.45, 2.75) is 20.3 Å². The van der Waals surface area contributed by atoms with Gasteiger partial charge in [-0.15, -0.1) is 0 Å². The molecule has 2 aromatic carbocycles. The summed E-state index contributed by atoms with van der Waals surface area (Å²) in [6.07, 6.45) is 4.05. The third kappa shape index (κ3) is 5.10. The Kier molecular flexibility index (Phi) is 6.27. The zero-order chi connectivity index (χ0) is 19.9. The van der Waals surface area contributed by atoms with Crippen LogP contribution in [-0.2, 0) is 6.42 Å². The first-order chi connectivity index (χ1) is 13.5. The van der Waals surface area contributed by atoms with Crippen molar-refractivity contribution in [3.8, 4) is 5.75 Å². The Labute approximate surface area is 165 Å². The number of ether oxygens (including phenoxy) is 1. The van der Waals surface area contributed by atoms with E-state index in [1.807, 2.05) is 37.3 Å². The molecule has 0 bridgehead atoms. The van der Waals surface area contributed by atoms with Gasteiger partial charge in [-0.1, -0.05) is 24.3 Å². The van der Waals surface area contributed by atoms with E-state index in [1.165, 1.54) is 5.56 Å². The van der Waals surface area contributed by atoms with E-state index in [1.54, 1.807) is 19.5 Å². The fourth-order valence-electron chi connectivity index (χ4n) is 2.87. The third-order valence-corrected chi connectivity index (χ3v) is 4.53. The number of aryl methyl sites for hydroxylation is 2. The minimum Gasteiger partial charge on any atom is -0.497 e. The Hall–Kier alpha value is -3.34. The summed E-state index contributed by atoms with van der Waals surface area (Å²) in [5, 5.41) is 6.30. The Morgan fingerprint density at radius 1 is 1.04 bits per heavy atom. The van der Waals surface area contributed by atoms with Gasteiger partial charge in [0.2, 0.25) is 0 Å². The first-order valence-electron chi connectivity index (χ1n) is 9.25. The summed E-state index contributed by atoms with van der Waals surface area (Å²) in [6.45, 7) is 4.65. The van der Waals surface area contributed by atoms with Gasteiger partial charge < -0.3 is 15.4 Å². The van der Waals surface area contributed by atoms with Crippen LogP contribution in [0, 0.1) is 13.8 Å². The van der Waals surface area contributed by atoms with Crippen LogP contribution in [0.25, 0.3) is 0 Å². The van der Waals surface area contributed by atoms with E-state index in [0.29, 0.717) is 12.1 Å². The molecule has 0 radical (unpaired) electrons. The third-order valence-electron chi connectivity index (χ3n) is 4.53. The first-order valence-corrected chi connectivity index (χ1v) is 9.25. The lowest BCUT2D eigenvalue weighted by Gasteiger charge is -2.11. The van der Waals surface area contributed by atoms with Gasteiger partial charge in [-0.25, -0.2) is 0 Å². The van der Waals surface area contributed by atoms with Gasteiger partial charge in [0, 0.05) is 18.4 Å². The number of aromatic nitrogens is 1. The molecule has 0 atom stereocenters. The number of nitrogens with one attached hydrogen (secondary N) is 2. The van der Waals surface area contributed by atoms with Crippen molar-refractivity contribution in [3.63, 3.8) is 0 Å². The molecular formula is C23H25N3O2. The lowest BCUT2D eigenvalue weighted by Crippen LogP contribution is -2.25. The van der Waals surface area contributed by atoms with Gasteiger partial charge in [-0.3, -0.25) is 9.78 Å². The number of hydrogen-bond donors (Lipinski definition) is 2. The summed E-state index contributed by atoms with van der Waals surface area (Å²) in [5.41, 5.74) is 5.79. The molecule has 5 heteroatoms. The monoisotopic (exact) mass is 375 g/mol. The van der Waals surface area contributed by atoms with E-state index in [4.69, 9.17) is 4.74 Å². The van der Waals surface area contributed by atoms with Gasteiger partial charge in [0.25, 0.3) is 5.91 Å². The van der Waals surface area contributed by atoms with Crippen molar-refractivity contribution in [2.24, 2.45) is 0 Å². The van der Waals surface area contributed by atoms with Crippen LogP contribution >= 0.6 is 0 Å². The second kappa shape index (κ2) is 9.04. The van der Waals surface area contributed by atoms with Crippen LogP contribution in [-0.4, -0.2) is 24.5 Å². The second-order valence-electron chi connectivity index (χ2n) is 6.76. The van der Waals surface area contributed by atoms with E-state index in [0.717, 1.165) is 34.7 Å². The number of anilines is 2. The summed E-state index contributed by atoms with van der Waals surface area (Å²) in [7, 11) is 1.65. The normalized spacial score (nSPS) is 10.4. The fraction of sp³-hybridized carbons (Fsp3) is 0.217. The minimum atomic E-state index is -0.134. The molecule has 28 heavy (non-hydrogen) atoms. The number of nitrogens with zero attached hydrogens (tertiary/aromatic N) is 1. The summed E-state index contributed by atoms with van der Waals surface area (Å²) >= 11 is 0. The maximum Gasteiger partial charge on any atom is 0.252 e. The average Bonchev–Trinajstić information content (AvgIpc) is 2.71. The van der Waals surface area contributed by atoms with E-state index in [2.05, 4.69) is 40.7 Å². The highest BCUT2D eigenvalue weighted by Crippen LogP contribution is 2.22. The predicted octanol–water partition coefficient (Wildman–Crippen LogP) is 4.42. The van der Waals surface area contributed by atoms with Gasteiger partial charge in [0.05, 0.1) is 24.6 Å². The number of pyridine rings is 1. The number of benzene rings is 2. The van der Waals surface area contributed by atoms with Gasteiger partial charge in [-0.2, -0.15) is 0 Å². The van der Waals surface area contributed by atoms with E-state index in [9.17, 15) is 4.79 Å². The SMILES string of the molecule is COc1ccc(CCNC(=O)c2cncc(Nc3cc(C)ccc3C)c2)cc1. The number of hydrogen-bond acceptors (Lipinski definition) is 4. The number of rotatable bonds is 7. The number of amides is 1. The molecule has 0 saturated heterocycles. The molecule has 3 aromatic rings. The first kappa shape index (κ1) is 19.4. The van der Waals surface area contributed by atoms with E-state index >= 15 is 0 Å². The molecule has 144 valence electrons. The van der Waals surface area contributed by atoms with Crippen molar-refractivity contribution in [2.75, 3.05) is 19.0 Å². The van der Waals surface area contributed by atoms with Gasteiger partial charge in [0.15, 0.2) is 0 Å². The Balaban J connectivity index is 1.59. The van der Waals surface area contributed by atoms with E-state index in [-0.39, 0.29) is 5.91 Å². The summed E-state index contributed by atoms with van der Waals surface area (Å²) in [4.78, 5) is 16.7. The lowest BCUT2D eigenvalue weighted by atomic mass is 10.1. The topological polar surface area (TPSA) is 63.2 Å². The highest BCUT2D eigenvalue weighted by molar-refractivity contribution is 5.94. The lowest BCUT2D eigenvalue weighted by molar-refractivity contribution is 0.0954. The van der Waals surface area contributed by atoms with Crippen LogP contribution in [0.3, 0.4) is 0 Å². The highest BCUT2D eigenvalue weighted by atomic mass is 16.5. The molecule has 0 aliphatic rings. The van der Waals surface area contributed by atoms with Gasteiger partial charge in [-0.05, 0) is 61.2 Å². The van der Waals surface area contributed by atoms with Crippen LogP contribution in [0.4, 0.5) is 11.4 Å². The fourth-order valence-corrected chi connectivity index (χ4v) is 2.87. The molecule has 0 aliphatic carbocycles. The highest BCUT2D eigenvalue weighted by Gasteiger charge is 2.08. The zero-order valence-corrected chi connectivity index (χ0v) is 16.5. The Bertz CT molecular complexity index is 952. The smallest absolute Gasteiger partial charge is 0.252 e. The number of methoxy groups -OCH3 is 1. The number of carbonyl (C=O) groups is 1. The van der Waals surface area contributed by atoms with Gasteiger partial charge >= 0.3 is 0 Å². The van der Waals surface area contributed by atoms with Crippen molar-refractivity contribution < 1.29 is 9.53 Å². The number of carbonyl (C=O) groups excluding carboxylic acids is 1. The Morgan fingerprint density at radius 2 is 1.82 bits per heavy atom. The van der Waals surface area contributed by atoms with Crippen LogP contribution in [0.15, 0.2) is 60.9 Å². The standard InChI is InChI=1S/C23H25N3O2/c1-16-4-5-17(2)22(12-16)26-20-13-19(14-24-15-20)23(27)25-11-10-18-6-8-21(28-3)9-7-18/h4-9,12-15,26H,10-11H2,1-3H3,(H,25,27). The molecule has 0 fully saturated rings. The average molecular weight is 375 g/mol. The largest absolute Gasteiger partial charge is 0.497 e. The van der Waals surface area contributed by atoms with Gasteiger partial charge in [0.1, 0.15) is 5.75 Å². The maximum absolute atomic E-state index is 12.5. The van der Waals surface area contributed by atoms with Crippen LogP contribution in [0.5, 0.6) is 5.75 Å². The maximum atomic E-state index is 12.5. The molecule has 0 spiro atoms. The van der Waals surface area contributed by atoms with Crippen LogP contribution in [0.1, 0.15) is 27.0 Å².